The van der Waals surface area contributed by atoms with Crippen molar-refractivity contribution in [3.05, 3.63) is 40.7 Å². The summed E-state index contributed by atoms with van der Waals surface area (Å²) in [4.78, 5) is 0. The van der Waals surface area contributed by atoms with E-state index in [-0.39, 0.29) is 5.82 Å². The number of halogens is 1. The third-order valence-corrected chi connectivity index (χ3v) is 3.99. The van der Waals surface area contributed by atoms with Crippen LogP contribution in [0.5, 0.6) is 0 Å². The number of rotatable bonds is 4. The van der Waals surface area contributed by atoms with E-state index < -0.39 is 0 Å². The highest BCUT2D eigenvalue weighted by atomic mass is 32.2. The van der Waals surface area contributed by atoms with Crippen LogP contribution in [-0.4, -0.2) is 10.2 Å². The molecular weight excluding hydrogens is 245 g/mol. The molecule has 0 spiro atoms. The summed E-state index contributed by atoms with van der Waals surface area (Å²) in [6.45, 7) is 0.423. The maximum atomic E-state index is 13.1. The lowest BCUT2D eigenvalue weighted by Gasteiger charge is -2.06. The van der Waals surface area contributed by atoms with E-state index in [0.717, 1.165) is 15.5 Å². The minimum atomic E-state index is -0.231. The number of nitrogens with zero attached hydrogens (tertiary/aromatic N) is 2. The van der Waals surface area contributed by atoms with Crippen LogP contribution in [0.25, 0.3) is 0 Å². The summed E-state index contributed by atoms with van der Waals surface area (Å²) in [5.41, 5.74) is 9.16. The average molecular weight is 255 g/mol. The zero-order valence-electron chi connectivity index (χ0n) is 8.39. The van der Waals surface area contributed by atoms with Crippen molar-refractivity contribution in [3.63, 3.8) is 0 Å². The number of benzene rings is 1. The monoisotopic (exact) mass is 255 g/mol. The second-order valence-corrected chi connectivity index (χ2v) is 5.17. The molecule has 84 valence electrons. The molecule has 0 saturated carbocycles. The summed E-state index contributed by atoms with van der Waals surface area (Å²) in [6.07, 6.45) is 0. The highest BCUT2D eigenvalue weighted by Crippen LogP contribution is 2.25. The van der Waals surface area contributed by atoms with Gasteiger partial charge in [0, 0.05) is 12.3 Å². The Hall–Kier alpha value is -0.980. The van der Waals surface area contributed by atoms with E-state index in [4.69, 9.17) is 5.73 Å². The van der Waals surface area contributed by atoms with Crippen molar-refractivity contribution in [2.75, 3.05) is 0 Å². The van der Waals surface area contributed by atoms with Gasteiger partial charge < -0.3 is 5.73 Å². The molecule has 16 heavy (non-hydrogen) atoms. The SMILES string of the molecule is NCc1ccc(F)cc1CSc1nncs1. The molecule has 0 fully saturated rings. The van der Waals surface area contributed by atoms with Crippen molar-refractivity contribution in [3.8, 4) is 0 Å². The van der Waals surface area contributed by atoms with Crippen LogP contribution < -0.4 is 5.73 Å². The number of nitrogens with two attached hydrogens (primary N) is 1. The fourth-order valence-electron chi connectivity index (χ4n) is 1.29. The van der Waals surface area contributed by atoms with Gasteiger partial charge in [0.05, 0.1) is 0 Å². The Morgan fingerprint density at radius 3 is 2.94 bits per heavy atom. The zero-order valence-corrected chi connectivity index (χ0v) is 10.0. The largest absolute Gasteiger partial charge is 0.326 e. The first-order chi connectivity index (χ1) is 7.79. The number of aromatic nitrogens is 2. The molecular formula is C10H10FN3S2. The molecule has 0 aliphatic heterocycles. The topological polar surface area (TPSA) is 51.8 Å². The third kappa shape index (κ3) is 2.78. The maximum absolute atomic E-state index is 13.1. The minimum absolute atomic E-state index is 0.231. The molecule has 1 aromatic heterocycles. The molecule has 0 radical (unpaired) electrons. The highest BCUT2D eigenvalue weighted by molar-refractivity contribution is 8.00. The van der Waals surface area contributed by atoms with Gasteiger partial charge in [-0.3, -0.25) is 0 Å². The molecule has 0 unspecified atom stereocenters. The molecule has 2 rings (SSSR count). The Morgan fingerprint density at radius 2 is 2.25 bits per heavy atom. The van der Waals surface area contributed by atoms with Crippen LogP contribution in [0.1, 0.15) is 11.1 Å². The van der Waals surface area contributed by atoms with E-state index in [0.29, 0.717) is 12.3 Å². The molecule has 1 aromatic carbocycles. The molecule has 3 nitrogen and oxygen atoms in total. The van der Waals surface area contributed by atoms with Gasteiger partial charge in [0.1, 0.15) is 11.3 Å². The number of hydrogen-bond acceptors (Lipinski definition) is 5. The highest BCUT2D eigenvalue weighted by Gasteiger charge is 2.05. The first-order valence-corrected chi connectivity index (χ1v) is 6.52. The fraction of sp³-hybridized carbons (Fsp3) is 0.200. The van der Waals surface area contributed by atoms with E-state index in [1.54, 1.807) is 23.3 Å². The van der Waals surface area contributed by atoms with Gasteiger partial charge in [-0.25, -0.2) is 4.39 Å². The van der Waals surface area contributed by atoms with E-state index in [9.17, 15) is 4.39 Å². The zero-order chi connectivity index (χ0) is 11.4. The van der Waals surface area contributed by atoms with Gasteiger partial charge in [0.2, 0.25) is 0 Å². The first-order valence-electron chi connectivity index (χ1n) is 4.66. The minimum Gasteiger partial charge on any atom is -0.326 e. The molecule has 1 heterocycles. The average Bonchev–Trinajstić information content (AvgIpc) is 2.79. The molecule has 0 amide bonds. The van der Waals surface area contributed by atoms with E-state index in [2.05, 4.69) is 10.2 Å². The predicted octanol–water partition coefficient (Wildman–Crippen LogP) is 2.43. The van der Waals surface area contributed by atoms with Crippen molar-refractivity contribution in [2.24, 2.45) is 5.73 Å². The van der Waals surface area contributed by atoms with E-state index in [1.807, 2.05) is 0 Å². The van der Waals surface area contributed by atoms with E-state index >= 15 is 0 Å². The van der Waals surface area contributed by atoms with Gasteiger partial charge in [0.15, 0.2) is 4.34 Å². The Morgan fingerprint density at radius 1 is 1.38 bits per heavy atom. The van der Waals surface area contributed by atoms with Crippen LogP contribution in [0, 0.1) is 5.82 Å². The summed E-state index contributed by atoms with van der Waals surface area (Å²) in [6, 6.07) is 4.68. The van der Waals surface area contributed by atoms with Crippen molar-refractivity contribution in [2.45, 2.75) is 16.6 Å². The van der Waals surface area contributed by atoms with Crippen molar-refractivity contribution in [1.29, 1.82) is 0 Å². The molecule has 0 aliphatic rings. The number of hydrogen-bond donors (Lipinski definition) is 1. The van der Waals surface area contributed by atoms with E-state index in [1.165, 1.54) is 23.5 Å². The third-order valence-electron chi connectivity index (χ3n) is 2.08. The quantitative estimate of drug-likeness (QED) is 0.852. The summed E-state index contributed by atoms with van der Waals surface area (Å²) in [7, 11) is 0. The molecule has 6 heteroatoms. The Bertz CT molecular complexity index is 459. The van der Waals surface area contributed by atoms with Gasteiger partial charge in [-0.05, 0) is 23.3 Å². The summed E-state index contributed by atoms with van der Waals surface area (Å²) in [5, 5.41) is 7.66. The van der Waals surface area contributed by atoms with Crippen LogP contribution in [0.3, 0.4) is 0 Å². The van der Waals surface area contributed by atoms with Crippen molar-refractivity contribution < 1.29 is 4.39 Å². The van der Waals surface area contributed by atoms with Crippen LogP contribution >= 0.6 is 23.1 Å². The lowest BCUT2D eigenvalue weighted by Crippen LogP contribution is -2.01. The van der Waals surface area contributed by atoms with Gasteiger partial charge in [-0.15, -0.1) is 10.2 Å². The second-order valence-electron chi connectivity index (χ2n) is 3.11. The standard InChI is InChI=1S/C10H10FN3S2/c11-9-2-1-7(4-12)8(3-9)5-15-10-14-13-6-16-10/h1-3,6H,4-5,12H2. The Labute approximate surface area is 101 Å². The van der Waals surface area contributed by atoms with Crippen LogP contribution in [0.15, 0.2) is 28.0 Å². The lowest BCUT2D eigenvalue weighted by molar-refractivity contribution is 0.625. The Balaban J connectivity index is 2.11. The number of thioether (sulfide) groups is 1. The summed E-state index contributed by atoms with van der Waals surface area (Å²) in [5.74, 6) is 0.435. The molecule has 2 aromatic rings. The maximum Gasteiger partial charge on any atom is 0.174 e. The second kappa shape index (κ2) is 5.38. The van der Waals surface area contributed by atoms with Gasteiger partial charge in [0.25, 0.3) is 0 Å². The molecule has 0 bridgehead atoms. The lowest BCUT2D eigenvalue weighted by atomic mass is 10.1. The van der Waals surface area contributed by atoms with Gasteiger partial charge in [-0.1, -0.05) is 29.2 Å². The van der Waals surface area contributed by atoms with Gasteiger partial charge in [-0.2, -0.15) is 0 Å². The normalized spacial score (nSPS) is 10.6. The molecule has 0 saturated heterocycles. The molecule has 0 atom stereocenters. The summed E-state index contributed by atoms with van der Waals surface area (Å²) < 4.78 is 14.0. The van der Waals surface area contributed by atoms with Crippen LogP contribution in [0.4, 0.5) is 4.39 Å². The van der Waals surface area contributed by atoms with Crippen molar-refractivity contribution >= 4 is 23.1 Å². The van der Waals surface area contributed by atoms with Crippen LogP contribution in [0.2, 0.25) is 0 Å². The summed E-state index contributed by atoms with van der Waals surface area (Å²) >= 11 is 3.02. The molecule has 0 aliphatic carbocycles. The first kappa shape index (κ1) is 11.5. The van der Waals surface area contributed by atoms with Crippen molar-refractivity contribution in [1.82, 2.24) is 10.2 Å². The van der Waals surface area contributed by atoms with Gasteiger partial charge >= 0.3 is 0 Å². The smallest absolute Gasteiger partial charge is 0.174 e. The predicted molar refractivity (Wildman–Crippen MR) is 63.8 cm³/mol. The Kier molecular flexibility index (Phi) is 3.87. The van der Waals surface area contributed by atoms with Crippen LogP contribution in [-0.2, 0) is 12.3 Å². The molecule has 2 N–H and O–H groups in total. The fourth-order valence-corrected chi connectivity index (χ4v) is 2.80.